The molecule has 1 aromatic heterocycles. The van der Waals surface area contributed by atoms with Crippen molar-refractivity contribution in [3.8, 4) is 5.75 Å². The third kappa shape index (κ3) is 4.18. The van der Waals surface area contributed by atoms with Crippen molar-refractivity contribution >= 4 is 29.2 Å². The van der Waals surface area contributed by atoms with E-state index in [1.165, 1.54) is 0 Å². The smallest absolute Gasteiger partial charge is 0.344 e. The maximum atomic E-state index is 11.3. The largest absolute Gasteiger partial charge is 0.482 e. The minimum absolute atomic E-state index is 0.102. The minimum atomic E-state index is -0.384. The van der Waals surface area contributed by atoms with Crippen LogP contribution in [0.5, 0.6) is 5.75 Å². The third-order valence-corrected chi connectivity index (χ3v) is 3.71. The third-order valence-electron chi connectivity index (χ3n) is 3.71. The number of carbonyl (C=O) groups excluding carboxylic acids is 1. The fourth-order valence-corrected chi connectivity index (χ4v) is 2.41. The zero-order valence-electron chi connectivity index (χ0n) is 14.7. The second-order valence-corrected chi connectivity index (χ2v) is 5.52. The van der Waals surface area contributed by atoms with E-state index in [1.54, 1.807) is 25.3 Å². The molecule has 26 heavy (non-hydrogen) atoms. The highest BCUT2D eigenvalue weighted by molar-refractivity contribution is 5.81. The summed E-state index contributed by atoms with van der Waals surface area (Å²) in [7, 11) is 1.93. The first-order valence-electron chi connectivity index (χ1n) is 8.26. The number of anilines is 1. The van der Waals surface area contributed by atoms with Crippen LogP contribution in [0.4, 0.5) is 5.95 Å². The standard InChI is InChI=1S/C19H20N4O3/c1-3-25-18(24)13-26-15-10-8-14(9-11-15)12-20-22-19-21-16-6-4-5-7-17(16)23(19)2/h4-12H,3,13H2,1-2H3,(H,21,22)/b20-12-. The Morgan fingerprint density at radius 1 is 1.23 bits per heavy atom. The molecule has 0 spiro atoms. The van der Waals surface area contributed by atoms with E-state index in [0.717, 1.165) is 16.6 Å². The molecule has 0 aliphatic heterocycles. The molecule has 2 aromatic carbocycles. The predicted octanol–water partition coefficient (Wildman–Crippen LogP) is 2.96. The van der Waals surface area contributed by atoms with Gasteiger partial charge in [0.25, 0.3) is 0 Å². The van der Waals surface area contributed by atoms with Gasteiger partial charge in [0.1, 0.15) is 5.75 Å². The van der Waals surface area contributed by atoms with Crippen LogP contribution < -0.4 is 10.2 Å². The number of rotatable bonds is 7. The van der Waals surface area contributed by atoms with Gasteiger partial charge in [0, 0.05) is 7.05 Å². The second-order valence-electron chi connectivity index (χ2n) is 5.52. The summed E-state index contributed by atoms with van der Waals surface area (Å²) in [5.41, 5.74) is 5.79. The van der Waals surface area contributed by atoms with Crippen LogP contribution in [0, 0.1) is 0 Å². The van der Waals surface area contributed by atoms with Gasteiger partial charge in [-0.15, -0.1) is 0 Å². The molecule has 1 heterocycles. The van der Waals surface area contributed by atoms with E-state index in [2.05, 4.69) is 15.5 Å². The van der Waals surface area contributed by atoms with Gasteiger partial charge in [0.2, 0.25) is 5.95 Å². The maximum Gasteiger partial charge on any atom is 0.344 e. The summed E-state index contributed by atoms with van der Waals surface area (Å²) in [6.45, 7) is 2.00. The van der Waals surface area contributed by atoms with Crippen molar-refractivity contribution in [2.45, 2.75) is 6.92 Å². The van der Waals surface area contributed by atoms with Gasteiger partial charge < -0.3 is 14.0 Å². The highest BCUT2D eigenvalue weighted by Crippen LogP contribution is 2.17. The molecule has 0 unspecified atom stereocenters. The number of hydrazone groups is 1. The van der Waals surface area contributed by atoms with Gasteiger partial charge in [-0.2, -0.15) is 5.10 Å². The molecule has 0 radical (unpaired) electrons. The Morgan fingerprint density at radius 3 is 2.73 bits per heavy atom. The lowest BCUT2D eigenvalue weighted by molar-refractivity contribution is -0.145. The molecule has 0 aliphatic carbocycles. The van der Waals surface area contributed by atoms with Crippen LogP contribution in [-0.4, -0.2) is 34.9 Å². The molecular formula is C19H20N4O3. The number of ether oxygens (including phenoxy) is 2. The van der Waals surface area contributed by atoms with Crippen LogP contribution in [0.1, 0.15) is 12.5 Å². The van der Waals surface area contributed by atoms with E-state index >= 15 is 0 Å². The van der Waals surface area contributed by atoms with Gasteiger partial charge in [-0.3, -0.25) is 0 Å². The molecule has 1 N–H and O–H groups in total. The molecule has 3 rings (SSSR count). The van der Waals surface area contributed by atoms with Crippen molar-refractivity contribution in [1.29, 1.82) is 0 Å². The summed E-state index contributed by atoms with van der Waals surface area (Å²) in [4.78, 5) is 15.8. The first-order valence-corrected chi connectivity index (χ1v) is 8.26. The van der Waals surface area contributed by atoms with Crippen molar-refractivity contribution in [2.24, 2.45) is 12.1 Å². The monoisotopic (exact) mass is 352 g/mol. The Hall–Kier alpha value is -3.35. The molecule has 7 heteroatoms. The average molecular weight is 352 g/mol. The van der Waals surface area contributed by atoms with Crippen molar-refractivity contribution < 1.29 is 14.3 Å². The van der Waals surface area contributed by atoms with E-state index in [9.17, 15) is 4.79 Å². The second kappa shape index (κ2) is 8.15. The molecule has 0 atom stereocenters. The summed E-state index contributed by atoms with van der Waals surface area (Å²) in [6, 6.07) is 15.1. The zero-order chi connectivity index (χ0) is 18.4. The van der Waals surface area contributed by atoms with Gasteiger partial charge in [-0.25, -0.2) is 15.2 Å². The summed E-state index contributed by atoms with van der Waals surface area (Å²) in [5.74, 6) is 0.875. The number of nitrogens with one attached hydrogen (secondary N) is 1. The number of hydrogen-bond acceptors (Lipinski definition) is 6. The van der Waals surface area contributed by atoms with Crippen LogP contribution in [0.2, 0.25) is 0 Å². The normalized spacial score (nSPS) is 11.0. The van der Waals surface area contributed by atoms with Crippen LogP contribution in [0.3, 0.4) is 0 Å². The lowest BCUT2D eigenvalue weighted by Crippen LogP contribution is -2.14. The van der Waals surface area contributed by atoms with Gasteiger partial charge in [-0.05, 0) is 48.9 Å². The van der Waals surface area contributed by atoms with Crippen LogP contribution >= 0.6 is 0 Å². The number of fused-ring (bicyclic) bond motifs is 1. The van der Waals surface area contributed by atoms with Crippen molar-refractivity contribution in [2.75, 3.05) is 18.6 Å². The predicted molar refractivity (Wildman–Crippen MR) is 101 cm³/mol. The lowest BCUT2D eigenvalue weighted by atomic mass is 10.2. The molecule has 0 bridgehead atoms. The molecule has 7 nitrogen and oxygen atoms in total. The SMILES string of the molecule is CCOC(=O)COc1ccc(/C=N\Nc2nc3ccccc3n2C)cc1. The fourth-order valence-electron chi connectivity index (χ4n) is 2.41. The summed E-state index contributed by atoms with van der Waals surface area (Å²) in [6.07, 6.45) is 1.69. The number of imidazole rings is 1. The summed E-state index contributed by atoms with van der Waals surface area (Å²) < 4.78 is 12.1. The van der Waals surface area contributed by atoms with E-state index < -0.39 is 0 Å². The molecule has 0 saturated heterocycles. The van der Waals surface area contributed by atoms with E-state index in [-0.39, 0.29) is 12.6 Å². The van der Waals surface area contributed by atoms with E-state index in [0.29, 0.717) is 18.3 Å². The van der Waals surface area contributed by atoms with Gasteiger partial charge in [0.05, 0.1) is 23.9 Å². The van der Waals surface area contributed by atoms with Crippen LogP contribution in [0.25, 0.3) is 11.0 Å². The maximum absolute atomic E-state index is 11.3. The quantitative estimate of drug-likeness (QED) is 0.402. The molecule has 0 amide bonds. The Balaban J connectivity index is 1.58. The minimum Gasteiger partial charge on any atom is -0.482 e. The van der Waals surface area contributed by atoms with E-state index in [1.807, 2.05) is 48.0 Å². The Bertz CT molecular complexity index is 916. The fraction of sp³-hybridized carbons (Fsp3) is 0.211. The van der Waals surface area contributed by atoms with E-state index in [4.69, 9.17) is 9.47 Å². The van der Waals surface area contributed by atoms with Crippen molar-refractivity contribution in [3.63, 3.8) is 0 Å². The first-order chi connectivity index (χ1) is 12.7. The molecule has 134 valence electrons. The highest BCUT2D eigenvalue weighted by atomic mass is 16.6. The van der Waals surface area contributed by atoms with Gasteiger partial charge in [-0.1, -0.05) is 12.1 Å². The molecule has 0 fully saturated rings. The number of aryl methyl sites for hydroxylation is 1. The van der Waals surface area contributed by atoms with Gasteiger partial charge >= 0.3 is 5.97 Å². The molecule has 3 aromatic rings. The number of carbonyl (C=O) groups is 1. The summed E-state index contributed by atoms with van der Waals surface area (Å²) >= 11 is 0. The number of aromatic nitrogens is 2. The van der Waals surface area contributed by atoms with Crippen LogP contribution in [0.15, 0.2) is 53.6 Å². The Morgan fingerprint density at radius 2 is 2.00 bits per heavy atom. The van der Waals surface area contributed by atoms with Crippen LogP contribution in [-0.2, 0) is 16.6 Å². The number of para-hydroxylation sites is 2. The average Bonchev–Trinajstić information content (AvgIpc) is 2.98. The highest BCUT2D eigenvalue weighted by Gasteiger charge is 2.05. The number of hydrogen-bond donors (Lipinski definition) is 1. The molecule has 0 saturated carbocycles. The van der Waals surface area contributed by atoms with Gasteiger partial charge in [0.15, 0.2) is 6.61 Å². The molecule has 0 aliphatic rings. The topological polar surface area (TPSA) is 77.7 Å². The van der Waals surface area contributed by atoms with Crippen molar-refractivity contribution in [1.82, 2.24) is 9.55 Å². The number of benzene rings is 2. The summed E-state index contributed by atoms with van der Waals surface area (Å²) in [5, 5.41) is 4.22. The lowest BCUT2D eigenvalue weighted by Gasteiger charge is -2.05. The first kappa shape index (κ1) is 17.5. The zero-order valence-corrected chi connectivity index (χ0v) is 14.7. The Labute approximate surface area is 151 Å². The van der Waals surface area contributed by atoms with Crippen molar-refractivity contribution in [3.05, 3.63) is 54.1 Å². The molecular weight excluding hydrogens is 332 g/mol. The number of esters is 1. The Kier molecular flexibility index (Phi) is 5.48. The number of nitrogens with zero attached hydrogens (tertiary/aromatic N) is 3.